The van der Waals surface area contributed by atoms with Crippen molar-refractivity contribution in [3.63, 3.8) is 0 Å². The van der Waals surface area contributed by atoms with E-state index in [0.717, 1.165) is 25.5 Å². The average Bonchev–Trinajstić information content (AvgIpc) is 3.19. The number of aromatic carboxylic acids is 1. The highest BCUT2D eigenvalue weighted by molar-refractivity contribution is 5.85. The molecular formula is C20H21N3O5. The van der Waals surface area contributed by atoms with E-state index in [1.54, 1.807) is 18.3 Å². The van der Waals surface area contributed by atoms with Gasteiger partial charge in [-0.25, -0.2) is 14.8 Å². The van der Waals surface area contributed by atoms with E-state index in [1.807, 2.05) is 24.3 Å². The summed E-state index contributed by atoms with van der Waals surface area (Å²) in [6.07, 6.45) is 5.34. The molecule has 8 nitrogen and oxygen atoms in total. The fourth-order valence-corrected chi connectivity index (χ4v) is 2.48. The first-order valence-electron chi connectivity index (χ1n) is 8.89. The lowest BCUT2D eigenvalue weighted by atomic mass is 10.2. The summed E-state index contributed by atoms with van der Waals surface area (Å²) in [5.74, 6) is 0.208. The smallest absolute Gasteiger partial charge is 0.357 e. The highest BCUT2D eigenvalue weighted by Gasteiger charge is 2.12. The molecule has 0 saturated heterocycles. The van der Waals surface area contributed by atoms with Crippen molar-refractivity contribution in [1.82, 2.24) is 9.97 Å². The number of nitrogens with two attached hydrogens (primary N) is 1. The number of hydrogen-bond donors (Lipinski definition) is 2. The van der Waals surface area contributed by atoms with Crippen molar-refractivity contribution in [2.24, 2.45) is 0 Å². The van der Waals surface area contributed by atoms with E-state index in [0.29, 0.717) is 36.1 Å². The monoisotopic (exact) mass is 383 g/mol. The zero-order valence-corrected chi connectivity index (χ0v) is 15.2. The molecule has 146 valence electrons. The molecule has 3 rings (SSSR count). The summed E-state index contributed by atoms with van der Waals surface area (Å²) in [6, 6.07) is 10.8. The molecule has 28 heavy (non-hydrogen) atoms. The Kier molecular flexibility index (Phi) is 6.46. The average molecular weight is 383 g/mol. The standard InChI is InChI=1S/C20H21N3O5/c21-15-6-2-3-7-17(15)26-10-4-1-5-11-27-18-12-14(8-9-22-18)19-23-16(13-28-19)20(24)25/h2-3,6-9,12-13H,1,4-5,10-11,21H2,(H,24,25). The number of oxazole rings is 1. The van der Waals surface area contributed by atoms with Gasteiger partial charge in [0.2, 0.25) is 11.8 Å². The van der Waals surface area contributed by atoms with Crippen LogP contribution in [0.2, 0.25) is 0 Å². The summed E-state index contributed by atoms with van der Waals surface area (Å²) in [5.41, 5.74) is 6.92. The van der Waals surface area contributed by atoms with Crippen molar-refractivity contribution in [2.75, 3.05) is 18.9 Å². The van der Waals surface area contributed by atoms with Crippen LogP contribution in [0, 0.1) is 0 Å². The Morgan fingerprint density at radius 1 is 1.11 bits per heavy atom. The number of unbranched alkanes of at least 4 members (excludes halogenated alkanes) is 2. The number of pyridine rings is 1. The number of ether oxygens (including phenoxy) is 2. The molecule has 0 unspecified atom stereocenters. The van der Waals surface area contributed by atoms with Crippen molar-refractivity contribution in [3.05, 3.63) is 54.6 Å². The third-order valence-electron chi connectivity index (χ3n) is 3.92. The fraction of sp³-hybridized carbons (Fsp3) is 0.250. The second-order valence-electron chi connectivity index (χ2n) is 6.02. The maximum Gasteiger partial charge on any atom is 0.357 e. The van der Waals surface area contributed by atoms with Gasteiger partial charge in [-0.05, 0) is 37.5 Å². The maximum atomic E-state index is 10.9. The van der Waals surface area contributed by atoms with Crippen LogP contribution in [0.4, 0.5) is 5.69 Å². The van der Waals surface area contributed by atoms with Crippen LogP contribution in [-0.4, -0.2) is 34.3 Å². The van der Waals surface area contributed by atoms with Crippen molar-refractivity contribution in [1.29, 1.82) is 0 Å². The number of anilines is 1. The molecule has 0 bridgehead atoms. The van der Waals surface area contributed by atoms with Crippen molar-refractivity contribution < 1.29 is 23.8 Å². The van der Waals surface area contributed by atoms with E-state index >= 15 is 0 Å². The second-order valence-corrected chi connectivity index (χ2v) is 6.02. The van der Waals surface area contributed by atoms with Crippen LogP contribution < -0.4 is 15.2 Å². The first kappa shape index (κ1) is 19.2. The van der Waals surface area contributed by atoms with Crippen LogP contribution in [0.1, 0.15) is 29.8 Å². The molecule has 0 saturated carbocycles. The van der Waals surface area contributed by atoms with E-state index in [4.69, 9.17) is 24.7 Å². The van der Waals surface area contributed by atoms with Gasteiger partial charge in [0.05, 0.1) is 18.9 Å². The molecule has 0 atom stereocenters. The number of carbonyl (C=O) groups is 1. The number of carboxylic acid groups (broad SMARTS) is 1. The Morgan fingerprint density at radius 2 is 1.89 bits per heavy atom. The molecule has 0 radical (unpaired) electrons. The van der Waals surface area contributed by atoms with Crippen LogP contribution in [0.25, 0.3) is 11.5 Å². The number of carboxylic acids is 1. The Morgan fingerprint density at radius 3 is 2.64 bits per heavy atom. The number of nitrogen functional groups attached to an aromatic ring is 1. The Hall–Kier alpha value is -3.55. The minimum atomic E-state index is -1.14. The summed E-state index contributed by atoms with van der Waals surface area (Å²) in [6.45, 7) is 1.11. The Labute approximate surface area is 161 Å². The molecular weight excluding hydrogens is 362 g/mol. The van der Waals surface area contributed by atoms with Crippen molar-refractivity contribution in [2.45, 2.75) is 19.3 Å². The van der Waals surface area contributed by atoms with E-state index in [2.05, 4.69) is 9.97 Å². The van der Waals surface area contributed by atoms with Crippen LogP contribution in [0.5, 0.6) is 11.6 Å². The lowest BCUT2D eigenvalue weighted by Gasteiger charge is -2.09. The quantitative estimate of drug-likeness (QED) is 0.402. The van der Waals surface area contributed by atoms with E-state index in [-0.39, 0.29) is 11.6 Å². The van der Waals surface area contributed by atoms with Crippen LogP contribution in [0.15, 0.2) is 53.3 Å². The van der Waals surface area contributed by atoms with E-state index in [1.165, 1.54) is 0 Å². The van der Waals surface area contributed by atoms with Gasteiger partial charge < -0.3 is 24.7 Å². The summed E-state index contributed by atoms with van der Waals surface area (Å²) in [5, 5.41) is 8.91. The van der Waals surface area contributed by atoms with Gasteiger partial charge >= 0.3 is 5.97 Å². The minimum Gasteiger partial charge on any atom is -0.491 e. The third-order valence-corrected chi connectivity index (χ3v) is 3.92. The highest BCUT2D eigenvalue weighted by Crippen LogP contribution is 2.22. The summed E-state index contributed by atoms with van der Waals surface area (Å²) in [7, 11) is 0. The largest absolute Gasteiger partial charge is 0.491 e. The molecule has 0 aliphatic heterocycles. The van der Waals surface area contributed by atoms with E-state index in [9.17, 15) is 4.79 Å². The molecule has 0 aliphatic rings. The topological polar surface area (TPSA) is 121 Å². The Bertz CT molecular complexity index is 925. The van der Waals surface area contributed by atoms with Crippen LogP contribution in [-0.2, 0) is 0 Å². The van der Waals surface area contributed by atoms with Gasteiger partial charge in [0, 0.05) is 17.8 Å². The summed E-state index contributed by atoms with van der Waals surface area (Å²) < 4.78 is 16.5. The first-order valence-corrected chi connectivity index (χ1v) is 8.89. The number of rotatable bonds is 10. The van der Waals surface area contributed by atoms with Crippen LogP contribution in [0.3, 0.4) is 0 Å². The number of hydrogen-bond acceptors (Lipinski definition) is 7. The van der Waals surface area contributed by atoms with Gasteiger partial charge in [-0.15, -0.1) is 0 Å². The van der Waals surface area contributed by atoms with Gasteiger partial charge in [-0.2, -0.15) is 0 Å². The zero-order chi connectivity index (χ0) is 19.8. The predicted octanol–water partition coefficient (Wildman–Crippen LogP) is 3.65. The van der Waals surface area contributed by atoms with Gasteiger partial charge in [0.15, 0.2) is 5.69 Å². The molecule has 0 spiro atoms. The molecule has 2 heterocycles. The number of benzene rings is 1. The predicted molar refractivity (Wildman–Crippen MR) is 102 cm³/mol. The normalized spacial score (nSPS) is 10.6. The molecule has 3 N–H and O–H groups in total. The highest BCUT2D eigenvalue weighted by atomic mass is 16.5. The lowest BCUT2D eigenvalue weighted by molar-refractivity contribution is 0.0690. The third kappa shape index (κ3) is 5.23. The summed E-state index contributed by atoms with van der Waals surface area (Å²) in [4.78, 5) is 18.9. The van der Waals surface area contributed by atoms with Gasteiger partial charge in [0.1, 0.15) is 12.0 Å². The Balaban J connectivity index is 1.39. The van der Waals surface area contributed by atoms with E-state index < -0.39 is 5.97 Å². The second kappa shape index (κ2) is 9.40. The minimum absolute atomic E-state index is 0.145. The maximum absolute atomic E-state index is 10.9. The molecule has 0 aliphatic carbocycles. The zero-order valence-electron chi connectivity index (χ0n) is 15.2. The van der Waals surface area contributed by atoms with Gasteiger partial charge in [-0.3, -0.25) is 0 Å². The molecule has 0 fully saturated rings. The van der Waals surface area contributed by atoms with Gasteiger partial charge in [0.25, 0.3) is 0 Å². The molecule has 8 heteroatoms. The molecule has 0 amide bonds. The SMILES string of the molecule is Nc1ccccc1OCCCCCOc1cc(-c2nc(C(=O)O)co2)ccn1. The summed E-state index contributed by atoms with van der Waals surface area (Å²) >= 11 is 0. The molecule has 2 aromatic heterocycles. The lowest BCUT2D eigenvalue weighted by Crippen LogP contribution is -2.03. The molecule has 1 aromatic carbocycles. The van der Waals surface area contributed by atoms with Crippen molar-refractivity contribution in [3.8, 4) is 23.1 Å². The number of nitrogens with zero attached hydrogens (tertiary/aromatic N) is 2. The van der Waals surface area contributed by atoms with Crippen molar-refractivity contribution >= 4 is 11.7 Å². The fourth-order valence-electron chi connectivity index (χ4n) is 2.48. The number of para-hydroxylation sites is 2. The van der Waals surface area contributed by atoms with Crippen LogP contribution >= 0.6 is 0 Å². The van der Waals surface area contributed by atoms with Gasteiger partial charge in [-0.1, -0.05) is 12.1 Å². The molecule has 3 aromatic rings. The number of aromatic nitrogens is 2. The first-order chi connectivity index (χ1) is 13.6.